The second kappa shape index (κ2) is 6.59. The highest BCUT2D eigenvalue weighted by Gasteiger charge is 2.13. The smallest absolute Gasteiger partial charge is 0.240 e. The molecule has 0 saturated carbocycles. The summed E-state index contributed by atoms with van der Waals surface area (Å²) in [6.45, 7) is 5.04. The molecular weight excluding hydrogens is 342 g/mol. The highest BCUT2D eigenvalue weighted by atomic mass is 79.9. The van der Waals surface area contributed by atoms with Crippen LogP contribution in [0.25, 0.3) is 11.0 Å². The number of nitrogens with one attached hydrogen (secondary N) is 1. The van der Waals surface area contributed by atoms with E-state index in [-0.39, 0.29) is 18.3 Å². The molecule has 0 unspecified atom stereocenters. The van der Waals surface area contributed by atoms with E-state index >= 15 is 0 Å². The quantitative estimate of drug-likeness (QED) is 0.834. The lowest BCUT2D eigenvalue weighted by Crippen LogP contribution is -2.31. The molecule has 2 aromatic rings. The Balaban J connectivity index is 2.27. The Labute approximate surface area is 131 Å². The van der Waals surface area contributed by atoms with E-state index in [0.29, 0.717) is 18.3 Å². The molecule has 0 aliphatic carbocycles. The number of halogens is 2. The van der Waals surface area contributed by atoms with Gasteiger partial charge in [-0.15, -0.1) is 11.6 Å². The van der Waals surface area contributed by atoms with Crippen molar-refractivity contribution in [1.82, 2.24) is 14.9 Å². The Kier molecular flexibility index (Phi) is 5.05. The molecule has 0 aliphatic heterocycles. The number of hydrogen-bond acceptors (Lipinski definition) is 2. The van der Waals surface area contributed by atoms with Crippen LogP contribution >= 0.6 is 27.5 Å². The van der Waals surface area contributed by atoms with E-state index < -0.39 is 0 Å². The minimum atomic E-state index is -0.0238. The van der Waals surface area contributed by atoms with Crippen molar-refractivity contribution in [2.45, 2.75) is 26.3 Å². The van der Waals surface area contributed by atoms with Crippen LogP contribution < -0.4 is 5.32 Å². The minimum absolute atomic E-state index is 0.0238. The van der Waals surface area contributed by atoms with Crippen LogP contribution in [0, 0.1) is 5.92 Å². The molecule has 0 radical (unpaired) electrons. The first-order valence-electron chi connectivity index (χ1n) is 6.48. The van der Waals surface area contributed by atoms with Crippen molar-refractivity contribution < 1.29 is 4.79 Å². The Hall–Kier alpha value is -1.07. The Morgan fingerprint density at radius 1 is 1.50 bits per heavy atom. The molecule has 1 heterocycles. The molecule has 1 aromatic carbocycles. The van der Waals surface area contributed by atoms with Gasteiger partial charge in [0.2, 0.25) is 5.91 Å². The summed E-state index contributed by atoms with van der Waals surface area (Å²) in [4.78, 5) is 16.4. The van der Waals surface area contributed by atoms with E-state index in [1.165, 1.54) is 0 Å². The van der Waals surface area contributed by atoms with Gasteiger partial charge in [0, 0.05) is 11.0 Å². The summed E-state index contributed by atoms with van der Waals surface area (Å²) in [5, 5.41) is 2.91. The van der Waals surface area contributed by atoms with Crippen molar-refractivity contribution in [2.24, 2.45) is 5.92 Å². The van der Waals surface area contributed by atoms with Crippen LogP contribution in [0.2, 0.25) is 0 Å². The number of amides is 1. The first-order chi connectivity index (χ1) is 9.51. The molecule has 1 amide bonds. The lowest BCUT2D eigenvalue weighted by Gasteiger charge is -2.10. The van der Waals surface area contributed by atoms with Crippen LogP contribution in [0.15, 0.2) is 22.7 Å². The number of carbonyl (C=O) groups excluding carboxylic acids is 1. The Morgan fingerprint density at radius 3 is 2.90 bits per heavy atom. The summed E-state index contributed by atoms with van der Waals surface area (Å²) >= 11 is 9.37. The maximum Gasteiger partial charge on any atom is 0.240 e. The number of carbonyl (C=O) groups is 1. The van der Waals surface area contributed by atoms with Crippen molar-refractivity contribution in [3.05, 3.63) is 28.5 Å². The first kappa shape index (κ1) is 15.3. The number of fused-ring (bicyclic) bond motifs is 1. The monoisotopic (exact) mass is 357 g/mol. The van der Waals surface area contributed by atoms with Crippen molar-refractivity contribution in [3.8, 4) is 0 Å². The molecule has 0 bridgehead atoms. The number of aromatic nitrogens is 2. The molecule has 0 spiro atoms. The highest BCUT2D eigenvalue weighted by Crippen LogP contribution is 2.21. The van der Waals surface area contributed by atoms with Crippen LogP contribution in [0.3, 0.4) is 0 Å². The third kappa shape index (κ3) is 3.52. The third-order valence-electron chi connectivity index (χ3n) is 2.92. The standard InChI is InChI=1S/C14H17BrClN3O/c1-9(2)7-17-14(20)8-19-12-5-10(15)3-4-11(12)18-13(19)6-16/h3-5,9H,6-8H2,1-2H3,(H,17,20). The van der Waals surface area contributed by atoms with Gasteiger partial charge in [0.1, 0.15) is 12.4 Å². The van der Waals surface area contributed by atoms with Crippen LogP contribution in [0.4, 0.5) is 0 Å². The van der Waals surface area contributed by atoms with Crippen molar-refractivity contribution in [1.29, 1.82) is 0 Å². The van der Waals surface area contributed by atoms with Crippen molar-refractivity contribution in [2.75, 3.05) is 6.54 Å². The zero-order valence-electron chi connectivity index (χ0n) is 11.5. The van der Waals surface area contributed by atoms with Crippen molar-refractivity contribution in [3.63, 3.8) is 0 Å². The fourth-order valence-corrected chi connectivity index (χ4v) is 2.49. The molecule has 0 aliphatic rings. The third-order valence-corrected chi connectivity index (χ3v) is 3.65. The predicted molar refractivity (Wildman–Crippen MR) is 84.8 cm³/mol. The second-order valence-electron chi connectivity index (χ2n) is 5.08. The van der Waals surface area contributed by atoms with Gasteiger partial charge in [0.05, 0.1) is 16.9 Å². The number of rotatable bonds is 5. The summed E-state index contributed by atoms with van der Waals surface area (Å²) in [5.74, 6) is 1.40. The number of hydrogen-bond donors (Lipinski definition) is 1. The van der Waals surface area contributed by atoms with E-state index in [4.69, 9.17) is 11.6 Å². The molecule has 4 nitrogen and oxygen atoms in total. The summed E-state index contributed by atoms with van der Waals surface area (Å²) in [7, 11) is 0. The van der Waals surface area contributed by atoms with Gasteiger partial charge < -0.3 is 9.88 Å². The van der Waals surface area contributed by atoms with Gasteiger partial charge in [-0.1, -0.05) is 29.8 Å². The highest BCUT2D eigenvalue weighted by molar-refractivity contribution is 9.10. The van der Waals surface area contributed by atoms with E-state index in [0.717, 1.165) is 15.5 Å². The minimum Gasteiger partial charge on any atom is -0.354 e. The average molecular weight is 359 g/mol. The van der Waals surface area contributed by atoms with Gasteiger partial charge in [0.25, 0.3) is 0 Å². The first-order valence-corrected chi connectivity index (χ1v) is 7.81. The molecule has 20 heavy (non-hydrogen) atoms. The number of imidazole rings is 1. The van der Waals surface area contributed by atoms with Gasteiger partial charge in [-0.05, 0) is 24.1 Å². The van der Waals surface area contributed by atoms with E-state index in [1.54, 1.807) is 0 Å². The van der Waals surface area contributed by atoms with Crippen LogP contribution in [0.5, 0.6) is 0 Å². The number of nitrogens with zero attached hydrogens (tertiary/aromatic N) is 2. The maximum atomic E-state index is 12.0. The number of benzene rings is 1. The van der Waals surface area contributed by atoms with Gasteiger partial charge >= 0.3 is 0 Å². The maximum absolute atomic E-state index is 12.0. The van der Waals surface area contributed by atoms with E-state index in [2.05, 4.69) is 40.1 Å². The Bertz CT molecular complexity index is 624. The fraction of sp³-hybridized carbons (Fsp3) is 0.429. The Morgan fingerprint density at radius 2 is 2.25 bits per heavy atom. The molecular formula is C14H17BrClN3O. The lowest BCUT2D eigenvalue weighted by atomic mass is 10.2. The molecule has 108 valence electrons. The molecule has 2 rings (SSSR count). The normalized spacial score (nSPS) is 11.2. The van der Waals surface area contributed by atoms with Gasteiger partial charge in [0.15, 0.2) is 0 Å². The second-order valence-corrected chi connectivity index (χ2v) is 6.26. The van der Waals surface area contributed by atoms with E-state index in [1.807, 2.05) is 22.8 Å². The SMILES string of the molecule is CC(C)CNC(=O)Cn1c(CCl)nc2ccc(Br)cc21. The fourth-order valence-electron chi connectivity index (χ4n) is 1.94. The predicted octanol–water partition coefficient (Wildman–Crippen LogP) is 3.31. The van der Waals surface area contributed by atoms with Crippen LogP contribution in [-0.2, 0) is 17.2 Å². The van der Waals surface area contributed by atoms with Gasteiger partial charge in [-0.2, -0.15) is 0 Å². The van der Waals surface area contributed by atoms with Crippen molar-refractivity contribution >= 4 is 44.5 Å². The van der Waals surface area contributed by atoms with E-state index in [9.17, 15) is 4.79 Å². The summed E-state index contributed by atoms with van der Waals surface area (Å²) in [6, 6.07) is 5.79. The van der Waals surface area contributed by atoms with Crippen LogP contribution in [-0.4, -0.2) is 22.0 Å². The largest absolute Gasteiger partial charge is 0.354 e. The number of alkyl halides is 1. The average Bonchev–Trinajstić information content (AvgIpc) is 2.74. The summed E-state index contributed by atoms with van der Waals surface area (Å²) in [6.07, 6.45) is 0. The van der Waals surface area contributed by atoms with Gasteiger partial charge in [-0.3, -0.25) is 4.79 Å². The van der Waals surface area contributed by atoms with Gasteiger partial charge in [-0.25, -0.2) is 4.98 Å². The zero-order chi connectivity index (χ0) is 14.7. The molecule has 0 fully saturated rings. The molecule has 1 aromatic heterocycles. The summed E-state index contributed by atoms with van der Waals surface area (Å²) < 4.78 is 2.82. The molecule has 1 N–H and O–H groups in total. The summed E-state index contributed by atoms with van der Waals surface area (Å²) in [5.41, 5.74) is 1.76. The molecule has 0 saturated heterocycles. The lowest BCUT2D eigenvalue weighted by molar-refractivity contribution is -0.121. The zero-order valence-corrected chi connectivity index (χ0v) is 13.8. The molecule has 0 atom stereocenters. The topological polar surface area (TPSA) is 46.9 Å². The molecule has 6 heteroatoms. The van der Waals surface area contributed by atoms with Crippen LogP contribution in [0.1, 0.15) is 19.7 Å².